The van der Waals surface area contributed by atoms with Crippen molar-refractivity contribution in [1.29, 1.82) is 0 Å². The Labute approximate surface area is 162 Å². The average Bonchev–Trinajstić information content (AvgIpc) is 2.66. The molecule has 0 saturated carbocycles. The molecule has 3 N–H and O–H groups in total. The second-order valence-corrected chi connectivity index (χ2v) is 6.44. The molecule has 0 rings (SSSR count). The summed E-state index contributed by atoms with van der Waals surface area (Å²) in [4.78, 5) is 35.7. The molecule has 0 aromatic heterocycles. The predicted octanol–water partition coefficient (Wildman–Crippen LogP) is 3.80. The summed E-state index contributed by atoms with van der Waals surface area (Å²) in [6, 6.07) is -0.428. The van der Waals surface area contributed by atoms with E-state index in [4.69, 9.17) is 9.94 Å². The summed E-state index contributed by atoms with van der Waals surface area (Å²) in [5, 5.41) is 14.1. The summed E-state index contributed by atoms with van der Waals surface area (Å²) >= 11 is 0. The molecule has 0 aliphatic carbocycles. The Balaban J connectivity index is 4.21. The fourth-order valence-electron chi connectivity index (χ4n) is 2.43. The minimum atomic E-state index is -0.602. The van der Waals surface area contributed by atoms with Crippen molar-refractivity contribution in [2.24, 2.45) is 5.18 Å². The number of carbonyl (C=O) groups excluding carboxylic acids is 2. The van der Waals surface area contributed by atoms with Crippen LogP contribution >= 0.6 is 0 Å². The number of hydroxylamine groups is 1. The van der Waals surface area contributed by atoms with E-state index in [0.29, 0.717) is 39.2 Å². The highest BCUT2D eigenvalue weighted by Gasteiger charge is 2.22. The van der Waals surface area contributed by atoms with E-state index in [2.05, 4.69) is 16.0 Å². The Morgan fingerprint density at radius 3 is 2.30 bits per heavy atom. The molecular formula is C18H36N4O5. The first kappa shape index (κ1) is 25.3. The van der Waals surface area contributed by atoms with Gasteiger partial charge in [0.05, 0.1) is 13.2 Å². The molecule has 0 aromatic rings. The topological polar surface area (TPSA) is 120 Å². The van der Waals surface area contributed by atoms with E-state index >= 15 is 0 Å². The van der Waals surface area contributed by atoms with Crippen LogP contribution in [0.1, 0.15) is 71.1 Å². The zero-order chi connectivity index (χ0) is 20.2. The van der Waals surface area contributed by atoms with Gasteiger partial charge in [-0.1, -0.05) is 44.2 Å². The molecule has 9 nitrogen and oxygen atoms in total. The summed E-state index contributed by atoms with van der Waals surface area (Å²) in [5.41, 5.74) is 2.11. The minimum Gasteiger partial charge on any atom is -0.449 e. The number of unbranched alkanes of at least 4 members (excludes halogenated alkanes) is 7. The Morgan fingerprint density at radius 2 is 1.63 bits per heavy atom. The Bertz CT molecular complexity index is 396. The summed E-state index contributed by atoms with van der Waals surface area (Å²) < 4.78 is 5.18. The zero-order valence-corrected chi connectivity index (χ0v) is 16.6. The van der Waals surface area contributed by atoms with Crippen molar-refractivity contribution < 1.29 is 19.5 Å². The van der Waals surface area contributed by atoms with Gasteiger partial charge in [-0.3, -0.25) is 0 Å². The van der Waals surface area contributed by atoms with Crippen molar-refractivity contribution in [3.05, 3.63) is 4.91 Å². The van der Waals surface area contributed by atoms with Gasteiger partial charge in [0.25, 0.3) is 0 Å². The molecular weight excluding hydrogens is 352 g/mol. The van der Waals surface area contributed by atoms with E-state index in [1.54, 1.807) is 0 Å². The Hall–Kier alpha value is -1.74. The molecule has 0 aliphatic heterocycles. The van der Waals surface area contributed by atoms with Crippen LogP contribution in [-0.2, 0) is 4.74 Å². The number of hydrogen-bond donors (Lipinski definition) is 3. The number of hydrogen-bond acceptors (Lipinski definition) is 7. The highest BCUT2D eigenvalue weighted by Crippen LogP contribution is 2.05. The van der Waals surface area contributed by atoms with Crippen LogP contribution in [0, 0.1) is 4.91 Å². The van der Waals surface area contributed by atoms with Crippen LogP contribution in [0.5, 0.6) is 0 Å². The molecule has 3 amide bonds. The van der Waals surface area contributed by atoms with Gasteiger partial charge in [-0.15, -0.1) is 0 Å². The lowest BCUT2D eigenvalue weighted by molar-refractivity contribution is 0.108. The predicted molar refractivity (Wildman–Crippen MR) is 104 cm³/mol. The zero-order valence-electron chi connectivity index (χ0n) is 16.6. The van der Waals surface area contributed by atoms with Gasteiger partial charge in [-0.05, 0) is 32.1 Å². The van der Waals surface area contributed by atoms with Crippen molar-refractivity contribution in [3.8, 4) is 0 Å². The van der Waals surface area contributed by atoms with Gasteiger partial charge >= 0.3 is 12.1 Å². The van der Waals surface area contributed by atoms with Gasteiger partial charge in [0.2, 0.25) is 0 Å². The largest absolute Gasteiger partial charge is 0.449 e. The van der Waals surface area contributed by atoms with E-state index in [1.807, 2.05) is 6.92 Å². The summed E-state index contributed by atoms with van der Waals surface area (Å²) in [5.74, 6) is 0. The minimum absolute atomic E-state index is 0.312. The Kier molecular flexibility index (Phi) is 17.8. The first-order valence-electron chi connectivity index (χ1n) is 10.1. The molecule has 27 heavy (non-hydrogen) atoms. The molecule has 0 atom stereocenters. The van der Waals surface area contributed by atoms with Crippen molar-refractivity contribution in [3.63, 3.8) is 0 Å². The lowest BCUT2D eigenvalue weighted by atomic mass is 10.2. The number of nitrogens with one attached hydrogen (secondary N) is 2. The summed E-state index contributed by atoms with van der Waals surface area (Å²) in [7, 11) is 0. The molecule has 0 saturated heterocycles. The number of imide groups is 1. The third-order valence-corrected chi connectivity index (χ3v) is 4.06. The molecule has 0 fully saturated rings. The van der Waals surface area contributed by atoms with E-state index in [9.17, 15) is 14.5 Å². The molecule has 0 unspecified atom stereocenters. The SMILES string of the molecule is CCCCOC(=O)N(CCCCCCNO)C(=O)NCCCCCCN=O. The van der Waals surface area contributed by atoms with E-state index in [0.717, 1.165) is 62.7 Å². The highest BCUT2D eigenvalue weighted by atomic mass is 16.6. The second kappa shape index (κ2) is 19.0. The number of rotatable bonds is 17. The quantitative estimate of drug-likeness (QED) is 0.198. The molecule has 0 aromatic carbocycles. The van der Waals surface area contributed by atoms with Crippen molar-refractivity contribution in [1.82, 2.24) is 15.7 Å². The fraction of sp³-hybridized carbons (Fsp3) is 0.889. The fourth-order valence-corrected chi connectivity index (χ4v) is 2.43. The number of nitroso groups, excluding NO2 is 1. The van der Waals surface area contributed by atoms with Crippen LogP contribution in [-0.4, -0.2) is 55.0 Å². The van der Waals surface area contributed by atoms with E-state index in [-0.39, 0.29) is 0 Å². The first-order valence-corrected chi connectivity index (χ1v) is 10.1. The number of nitrogens with zero attached hydrogens (tertiary/aromatic N) is 2. The molecule has 0 bridgehead atoms. The van der Waals surface area contributed by atoms with Crippen molar-refractivity contribution in [2.45, 2.75) is 71.1 Å². The molecule has 9 heteroatoms. The average molecular weight is 389 g/mol. The third kappa shape index (κ3) is 15.1. The van der Waals surface area contributed by atoms with Crippen molar-refractivity contribution >= 4 is 12.1 Å². The standard InChI is InChI=1S/C18H36N4O5/c1-2-3-16-27-18(24)22(15-11-7-6-10-14-21-26)17(23)19-12-8-4-5-9-13-20-25/h21,26H,2-16H2,1H3,(H,19,23). The van der Waals surface area contributed by atoms with Gasteiger partial charge in [0, 0.05) is 19.6 Å². The Morgan fingerprint density at radius 1 is 0.963 bits per heavy atom. The van der Waals surface area contributed by atoms with Gasteiger partial charge in [0.1, 0.15) is 0 Å². The molecule has 0 spiro atoms. The summed E-state index contributed by atoms with van der Waals surface area (Å²) in [6.45, 7) is 3.98. The van der Waals surface area contributed by atoms with Gasteiger partial charge < -0.3 is 15.3 Å². The highest BCUT2D eigenvalue weighted by molar-refractivity contribution is 5.90. The summed E-state index contributed by atoms with van der Waals surface area (Å²) in [6.07, 6.45) is 7.73. The molecule has 0 radical (unpaired) electrons. The first-order chi connectivity index (χ1) is 13.2. The number of ether oxygens (including phenoxy) is 1. The second-order valence-electron chi connectivity index (χ2n) is 6.44. The number of urea groups is 1. The van der Waals surface area contributed by atoms with Gasteiger partial charge in [-0.25, -0.2) is 20.0 Å². The maximum atomic E-state index is 12.3. The van der Waals surface area contributed by atoms with Gasteiger partial charge in [-0.2, -0.15) is 4.91 Å². The monoisotopic (exact) mass is 388 g/mol. The molecule has 158 valence electrons. The third-order valence-electron chi connectivity index (χ3n) is 4.06. The van der Waals surface area contributed by atoms with E-state index < -0.39 is 12.1 Å². The van der Waals surface area contributed by atoms with Gasteiger partial charge in [0.15, 0.2) is 0 Å². The molecule has 0 aliphatic rings. The number of carbonyl (C=O) groups is 2. The maximum absolute atomic E-state index is 12.3. The number of amides is 3. The van der Waals surface area contributed by atoms with Crippen molar-refractivity contribution in [2.75, 3.05) is 32.8 Å². The normalized spacial score (nSPS) is 10.4. The van der Waals surface area contributed by atoms with Crippen LogP contribution in [0.15, 0.2) is 5.18 Å². The lowest BCUT2D eigenvalue weighted by Crippen LogP contribution is -2.45. The van der Waals surface area contributed by atoms with Crippen LogP contribution in [0.4, 0.5) is 9.59 Å². The maximum Gasteiger partial charge on any atom is 0.417 e. The molecule has 0 heterocycles. The van der Waals surface area contributed by atoms with Crippen LogP contribution in [0.2, 0.25) is 0 Å². The van der Waals surface area contributed by atoms with E-state index in [1.165, 1.54) is 0 Å². The smallest absolute Gasteiger partial charge is 0.417 e. The van der Waals surface area contributed by atoms with Crippen LogP contribution in [0.3, 0.4) is 0 Å². The van der Waals surface area contributed by atoms with Crippen LogP contribution in [0.25, 0.3) is 0 Å². The van der Waals surface area contributed by atoms with Crippen LogP contribution < -0.4 is 10.8 Å². The lowest BCUT2D eigenvalue weighted by Gasteiger charge is -2.21.